The van der Waals surface area contributed by atoms with Gasteiger partial charge in [0.05, 0.1) is 6.10 Å². The smallest absolute Gasteiger partial charge is 0.251 e. The summed E-state index contributed by atoms with van der Waals surface area (Å²) in [7, 11) is 0. The fraction of sp³-hybridized carbons (Fsp3) is 0.455. The molecule has 0 radical (unpaired) electrons. The molecule has 0 bridgehead atoms. The van der Waals surface area contributed by atoms with Crippen molar-refractivity contribution in [3.8, 4) is 16.9 Å². The molecule has 2 heterocycles. The average Bonchev–Trinajstić information content (AvgIpc) is 3.83. The third-order valence-electron chi connectivity index (χ3n) is 8.29. The van der Waals surface area contributed by atoms with Crippen LogP contribution in [0.2, 0.25) is 0 Å². The zero-order chi connectivity index (χ0) is 27.1. The van der Waals surface area contributed by atoms with Crippen molar-refractivity contribution >= 4 is 5.78 Å². The van der Waals surface area contributed by atoms with Crippen LogP contribution >= 0.6 is 0 Å². The third kappa shape index (κ3) is 5.86. The summed E-state index contributed by atoms with van der Waals surface area (Å²) in [5.74, 6) is 1.45. The van der Waals surface area contributed by atoms with Crippen LogP contribution in [0.1, 0.15) is 85.8 Å². The molecule has 2 saturated carbocycles. The first kappa shape index (κ1) is 26.0. The molecule has 0 N–H and O–H groups in total. The van der Waals surface area contributed by atoms with Crippen molar-refractivity contribution in [2.75, 3.05) is 13.1 Å². The normalized spacial score (nSPS) is 18.5. The molecule has 0 unspecified atom stereocenters. The van der Waals surface area contributed by atoms with Gasteiger partial charge in [0.1, 0.15) is 11.6 Å². The minimum atomic E-state index is -0.227. The summed E-state index contributed by atoms with van der Waals surface area (Å²) >= 11 is 0. The number of ether oxygens (including phenoxy) is 1. The number of rotatable bonds is 9. The van der Waals surface area contributed by atoms with E-state index in [2.05, 4.69) is 17.0 Å². The fourth-order valence-electron chi connectivity index (χ4n) is 5.86. The highest BCUT2D eigenvalue weighted by molar-refractivity contribution is 5.99. The van der Waals surface area contributed by atoms with Gasteiger partial charge in [-0.3, -0.25) is 14.5 Å². The number of hydrogen-bond donors (Lipinski definition) is 0. The highest BCUT2D eigenvalue weighted by Gasteiger charge is 2.31. The van der Waals surface area contributed by atoms with Gasteiger partial charge in [-0.05, 0) is 105 Å². The van der Waals surface area contributed by atoms with Gasteiger partial charge < -0.3 is 9.30 Å². The number of ketones is 1. The van der Waals surface area contributed by atoms with Gasteiger partial charge in [0.2, 0.25) is 0 Å². The standard InChI is InChI=1S/C33H37FN2O3/c1-21(2)39-31-19-30(23-7-9-27(34)10-8-23)29(22-3-4-22)17-26(31)20-35-14-12-28(13-15-35)36-16-11-25(18-32(36)37)33(38)24-5-6-24/h7-11,16-19,21-22,24,28H,3-6,12-15,20H2,1-2H3. The Balaban J connectivity index is 1.19. The molecule has 6 rings (SSSR count). The maximum absolute atomic E-state index is 13.6. The zero-order valence-corrected chi connectivity index (χ0v) is 22.9. The second-order valence-corrected chi connectivity index (χ2v) is 11.8. The summed E-state index contributed by atoms with van der Waals surface area (Å²) in [5.41, 5.74) is 5.17. The molecular weight excluding hydrogens is 491 g/mol. The second-order valence-electron chi connectivity index (χ2n) is 11.8. The topological polar surface area (TPSA) is 51.5 Å². The lowest BCUT2D eigenvalue weighted by Gasteiger charge is -2.33. The van der Waals surface area contributed by atoms with Crippen LogP contribution in [0, 0.1) is 11.7 Å². The number of carbonyl (C=O) groups is 1. The largest absolute Gasteiger partial charge is 0.491 e. The van der Waals surface area contributed by atoms with E-state index in [1.165, 1.54) is 42.2 Å². The van der Waals surface area contributed by atoms with Crippen LogP contribution in [-0.2, 0) is 6.54 Å². The van der Waals surface area contributed by atoms with Crippen molar-refractivity contribution in [2.24, 2.45) is 5.92 Å². The van der Waals surface area contributed by atoms with E-state index in [1.54, 1.807) is 0 Å². The van der Waals surface area contributed by atoms with Crippen LogP contribution in [0.15, 0.2) is 59.5 Å². The molecule has 3 fully saturated rings. The number of carbonyl (C=O) groups excluding carboxylic acids is 1. The van der Waals surface area contributed by atoms with Crippen LogP contribution in [0.3, 0.4) is 0 Å². The van der Waals surface area contributed by atoms with Gasteiger partial charge >= 0.3 is 0 Å². The molecule has 2 aromatic carbocycles. The summed E-state index contributed by atoms with van der Waals surface area (Å²) < 4.78 is 21.8. The van der Waals surface area contributed by atoms with Gasteiger partial charge in [-0.15, -0.1) is 0 Å². The second kappa shape index (κ2) is 10.7. The van der Waals surface area contributed by atoms with Gasteiger partial charge in [0, 0.05) is 55.0 Å². The van der Waals surface area contributed by atoms with Crippen LogP contribution in [0.4, 0.5) is 4.39 Å². The first-order valence-corrected chi connectivity index (χ1v) is 14.4. The van der Waals surface area contributed by atoms with Gasteiger partial charge in [-0.2, -0.15) is 0 Å². The predicted molar refractivity (Wildman–Crippen MR) is 151 cm³/mol. The molecule has 5 nitrogen and oxygen atoms in total. The number of piperidine rings is 1. The van der Waals surface area contributed by atoms with Crippen LogP contribution in [0.5, 0.6) is 5.75 Å². The zero-order valence-electron chi connectivity index (χ0n) is 22.9. The Morgan fingerprint density at radius 2 is 1.69 bits per heavy atom. The number of pyridine rings is 1. The van der Waals surface area contributed by atoms with E-state index in [4.69, 9.17) is 4.74 Å². The summed E-state index contributed by atoms with van der Waals surface area (Å²) in [5, 5.41) is 0. The Morgan fingerprint density at radius 3 is 2.31 bits per heavy atom. The van der Waals surface area contributed by atoms with Gasteiger partial charge in [0.25, 0.3) is 5.56 Å². The number of likely N-dealkylation sites (tertiary alicyclic amines) is 1. The van der Waals surface area contributed by atoms with E-state index < -0.39 is 0 Å². The van der Waals surface area contributed by atoms with Crippen molar-refractivity contribution in [3.05, 3.63) is 87.6 Å². The van der Waals surface area contributed by atoms with Crippen molar-refractivity contribution < 1.29 is 13.9 Å². The van der Waals surface area contributed by atoms with Crippen LogP contribution in [0.25, 0.3) is 11.1 Å². The van der Waals surface area contributed by atoms with Gasteiger partial charge in [0.15, 0.2) is 5.78 Å². The highest BCUT2D eigenvalue weighted by Crippen LogP contribution is 2.47. The number of nitrogens with zero attached hydrogens (tertiary/aromatic N) is 2. The summed E-state index contributed by atoms with van der Waals surface area (Å²) in [4.78, 5) is 27.7. The van der Waals surface area contributed by atoms with Crippen LogP contribution in [-0.4, -0.2) is 34.4 Å². The van der Waals surface area contributed by atoms with Gasteiger partial charge in [-0.25, -0.2) is 4.39 Å². The molecule has 1 saturated heterocycles. The maximum atomic E-state index is 13.6. The van der Waals surface area contributed by atoms with E-state index >= 15 is 0 Å². The van der Waals surface area contributed by atoms with Crippen molar-refractivity contribution in [2.45, 2.75) is 77.0 Å². The molecule has 3 aromatic rings. The Hall–Kier alpha value is -3.25. The summed E-state index contributed by atoms with van der Waals surface area (Å²) in [6.07, 6.45) is 7.90. The molecule has 1 aliphatic heterocycles. The van der Waals surface area contributed by atoms with Gasteiger partial charge in [-0.1, -0.05) is 12.1 Å². The quantitative estimate of drug-likeness (QED) is 0.288. The first-order chi connectivity index (χ1) is 18.9. The van der Waals surface area contributed by atoms with Crippen molar-refractivity contribution in [1.82, 2.24) is 9.47 Å². The monoisotopic (exact) mass is 528 g/mol. The van der Waals surface area contributed by atoms with E-state index in [0.29, 0.717) is 11.5 Å². The summed E-state index contributed by atoms with van der Waals surface area (Å²) in [6, 6.07) is 14.7. The summed E-state index contributed by atoms with van der Waals surface area (Å²) in [6.45, 7) is 6.66. The lowest BCUT2D eigenvalue weighted by Crippen LogP contribution is -2.37. The number of Topliss-reactive ketones (excluding diaryl/α,β-unsaturated/α-hetero) is 1. The Morgan fingerprint density at radius 1 is 0.974 bits per heavy atom. The lowest BCUT2D eigenvalue weighted by atomic mass is 9.93. The molecule has 204 valence electrons. The molecule has 3 aliphatic rings. The SMILES string of the molecule is CC(C)Oc1cc(-c2ccc(F)cc2)c(C2CC2)cc1CN1CCC(n2ccc(C(=O)C3CC3)cc2=O)CC1. The number of aromatic nitrogens is 1. The Labute approximate surface area is 229 Å². The molecule has 0 atom stereocenters. The average molecular weight is 529 g/mol. The van der Waals surface area contributed by atoms with Crippen LogP contribution < -0.4 is 10.3 Å². The van der Waals surface area contributed by atoms with E-state index in [0.717, 1.165) is 62.2 Å². The lowest BCUT2D eigenvalue weighted by molar-refractivity contribution is 0.0967. The van der Waals surface area contributed by atoms with Crippen molar-refractivity contribution in [1.29, 1.82) is 0 Å². The van der Waals surface area contributed by atoms with E-state index in [-0.39, 0.29) is 35.2 Å². The number of hydrogen-bond acceptors (Lipinski definition) is 4. The highest BCUT2D eigenvalue weighted by atomic mass is 19.1. The minimum absolute atomic E-state index is 0.0453. The Kier molecular flexibility index (Phi) is 7.15. The predicted octanol–water partition coefficient (Wildman–Crippen LogP) is 6.75. The van der Waals surface area contributed by atoms with E-state index in [1.807, 2.05) is 42.8 Å². The fourth-order valence-corrected chi connectivity index (χ4v) is 5.86. The molecule has 0 spiro atoms. The molecular formula is C33H37FN2O3. The first-order valence-electron chi connectivity index (χ1n) is 14.4. The maximum Gasteiger partial charge on any atom is 0.251 e. The van der Waals surface area contributed by atoms with Crippen molar-refractivity contribution in [3.63, 3.8) is 0 Å². The molecule has 6 heteroatoms. The molecule has 2 aliphatic carbocycles. The third-order valence-corrected chi connectivity index (χ3v) is 8.29. The number of benzene rings is 2. The molecule has 39 heavy (non-hydrogen) atoms. The Bertz CT molecular complexity index is 1410. The molecule has 1 aromatic heterocycles. The minimum Gasteiger partial charge on any atom is -0.491 e. The van der Waals surface area contributed by atoms with E-state index in [9.17, 15) is 14.0 Å². The molecule has 0 amide bonds. The number of halogens is 1.